The van der Waals surface area contributed by atoms with Crippen LogP contribution in [-0.2, 0) is 0 Å². The van der Waals surface area contributed by atoms with Crippen molar-refractivity contribution in [3.05, 3.63) is 0 Å². The summed E-state index contributed by atoms with van der Waals surface area (Å²) >= 11 is 0. The summed E-state index contributed by atoms with van der Waals surface area (Å²) in [6.45, 7) is 7.16. The molecule has 1 saturated carbocycles. The Morgan fingerprint density at radius 2 is 2.13 bits per heavy atom. The van der Waals surface area contributed by atoms with Gasteiger partial charge in [0.1, 0.15) is 5.84 Å². The van der Waals surface area contributed by atoms with E-state index in [0.717, 1.165) is 13.0 Å². The van der Waals surface area contributed by atoms with Gasteiger partial charge in [-0.05, 0) is 39.2 Å². The lowest BCUT2D eigenvalue weighted by Crippen LogP contribution is -2.49. The minimum Gasteiger partial charge on any atom is -0.409 e. The van der Waals surface area contributed by atoms with E-state index >= 15 is 0 Å². The predicted molar refractivity (Wildman–Crippen MR) is 62.1 cm³/mol. The monoisotopic (exact) mass is 213 g/mol. The zero-order valence-electron chi connectivity index (χ0n) is 10.0. The van der Waals surface area contributed by atoms with Crippen LogP contribution in [-0.4, -0.2) is 23.1 Å². The van der Waals surface area contributed by atoms with E-state index in [-0.39, 0.29) is 5.41 Å². The molecule has 0 aromatic heterocycles. The average Bonchev–Trinajstić information content (AvgIpc) is 2.13. The van der Waals surface area contributed by atoms with E-state index in [1.165, 1.54) is 19.3 Å². The first-order chi connectivity index (χ1) is 6.90. The van der Waals surface area contributed by atoms with Crippen LogP contribution in [0.25, 0.3) is 0 Å². The number of nitrogens with two attached hydrogens (primary N) is 1. The molecule has 1 rings (SSSR count). The summed E-state index contributed by atoms with van der Waals surface area (Å²) in [6, 6.07) is 0. The highest BCUT2D eigenvalue weighted by atomic mass is 16.4. The van der Waals surface area contributed by atoms with Crippen molar-refractivity contribution in [3.8, 4) is 0 Å². The largest absolute Gasteiger partial charge is 0.409 e. The van der Waals surface area contributed by atoms with Crippen molar-refractivity contribution in [1.82, 2.24) is 5.32 Å². The Morgan fingerprint density at radius 1 is 1.53 bits per heavy atom. The van der Waals surface area contributed by atoms with Gasteiger partial charge in [0.15, 0.2) is 0 Å². The average molecular weight is 213 g/mol. The number of hydrogen-bond donors (Lipinski definition) is 3. The summed E-state index contributed by atoms with van der Waals surface area (Å²) in [4.78, 5) is 0. The van der Waals surface area contributed by atoms with Gasteiger partial charge in [0.25, 0.3) is 0 Å². The molecule has 1 fully saturated rings. The number of nitrogens with one attached hydrogen (secondary N) is 1. The lowest BCUT2D eigenvalue weighted by atomic mass is 9.78. The lowest BCUT2D eigenvalue weighted by Gasteiger charge is -2.40. The molecule has 0 saturated heterocycles. The quantitative estimate of drug-likeness (QED) is 0.282. The second-order valence-electron chi connectivity index (χ2n) is 5.46. The van der Waals surface area contributed by atoms with Crippen molar-refractivity contribution >= 4 is 5.84 Å². The molecule has 4 N–H and O–H groups in total. The van der Waals surface area contributed by atoms with Crippen LogP contribution in [0.4, 0.5) is 0 Å². The summed E-state index contributed by atoms with van der Waals surface area (Å²) in [5, 5.41) is 15.2. The Bertz CT molecular complexity index is 244. The molecular weight excluding hydrogens is 190 g/mol. The molecule has 0 spiro atoms. The zero-order chi connectivity index (χ0) is 11.5. The Kier molecular flexibility index (Phi) is 3.60. The highest BCUT2D eigenvalue weighted by Crippen LogP contribution is 2.31. The molecule has 4 heteroatoms. The van der Waals surface area contributed by atoms with Crippen molar-refractivity contribution in [2.24, 2.45) is 16.3 Å². The van der Waals surface area contributed by atoms with Crippen LogP contribution in [0.15, 0.2) is 5.16 Å². The van der Waals surface area contributed by atoms with Crippen molar-refractivity contribution < 1.29 is 5.21 Å². The van der Waals surface area contributed by atoms with Crippen molar-refractivity contribution in [2.75, 3.05) is 6.54 Å². The van der Waals surface area contributed by atoms with E-state index in [1.54, 1.807) is 0 Å². The smallest absolute Gasteiger partial charge is 0.144 e. The second kappa shape index (κ2) is 4.39. The SMILES string of the molecule is CC1(NCCC(C)(C)C(N)=NO)CCC1. The molecule has 0 unspecified atom stereocenters. The van der Waals surface area contributed by atoms with Crippen molar-refractivity contribution in [1.29, 1.82) is 0 Å². The molecule has 1 aliphatic rings. The van der Waals surface area contributed by atoms with Gasteiger partial charge in [-0.3, -0.25) is 0 Å². The van der Waals surface area contributed by atoms with Crippen LogP contribution in [0.5, 0.6) is 0 Å². The fourth-order valence-corrected chi connectivity index (χ4v) is 1.82. The van der Waals surface area contributed by atoms with Gasteiger partial charge in [-0.25, -0.2) is 0 Å². The number of amidine groups is 1. The molecule has 1 aliphatic carbocycles. The zero-order valence-corrected chi connectivity index (χ0v) is 10.0. The molecule has 0 amide bonds. The Morgan fingerprint density at radius 3 is 2.53 bits per heavy atom. The molecule has 15 heavy (non-hydrogen) atoms. The Labute approximate surface area is 91.9 Å². The van der Waals surface area contributed by atoms with E-state index in [9.17, 15) is 0 Å². The molecule has 4 nitrogen and oxygen atoms in total. The van der Waals surface area contributed by atoms with Gasteiger partial charge in [-0.2, -0.15) is 0 Å². The first-order valence-corrected chi connectivity index (χ1v) is 5.63. The van der Waals surface area contributed by atoms with Crippen LogP contribution in [0.3, 0.4) is 0 Å². The van der Waals surface area contributed by atoms with Crippen LogP contribution in [0, 0.1) is 5.41 Å². The molecule has 0 radical (unpaired) electrons. The summed E-state index contributed by atoms with van der Waals surface area (Å²) in [5.74, 6) is 0.308. The normalized spacial score (nSPS) is 21.1. The van der Waals surface area contributed by atoms with Gasteiger partial charge in [0.05, 0.1) is 0 Å². The van der Waals surface area contributed by atoms with Crippen LogP contribution >= 0.6 is 0 Å². The van der Waals surface area contributed by atoms with Crippen LogP contribution in [0.2, 0.25) is 0 Å². The summed E-state index contributed by atoms with van der Waals surface area (Å²) in [5.41, 5.74) is 5.72. The highest BCUT2D eigenvalue weighted by Gasteiger charge is 2.32. The van der Waals surface area contributed by atoms with Crippen LogP contribution in [0.1, 0.15) is 46.5 Å². The molecule has 0 bridgehead atoms. The standard InChI is InChI=1S/C11H23N3O/c1-10(2,9(12)14-15)7-8-13-11(3)5-4-6-11/h13,15H,4-8H2,1-3H3,(H2,12,14). The summed E-state index contributed by atoms with van der Waals surface area (Å²) in [7, 11) is 0. The third-order valence-electron chi connectivity index (χ3n) is 3.56. The maximum absolute atomic E-state index is 8.63. The minimum absolute atomic E-state index is 0.234. The third kappa shape index (κ3) is 3.09. The molecule has 0 aromatic carbocycles. The maximum atomic E-state index is 8.63. The van der Waals surface area contributed by atoms with Gasteiger partial charge in [0.2, 0.25) is 0 Å². The topological polar surface area (TPSA) is 70.6 Å². The molecular formula is C11H23N3O. The van der Waals surface area contributed by atoms with Gasteiger partial charge in [-0.1, -0.05) is 19.0 Å². The number of hydrogen-bond acceptors (Lipinski definition) is 3. The van der Waals surface area contributed by atoms with Gasteiger partial charge in [-0.15, -0.1) is 0 Å². The Hall–Kier alpha value is -0.770. The predicted octanol–water partition coefficient (Wildman–Crippen LogP) is 1.68. The highest BCUT2D eigenvalue weighted by molar-refractivity contribution is 5.85. The first-order valence-electron chi connectivity index (χ1n) is 5.63. The third-order valence-corrected chi connectivity index (χ3v) is 3.56. The fourth-order valence-electron chi connectivity index (χ4n) is 1.82. The summed E-state index contributed by atoms with van der Waals surface area (Å²) < 4.78 is 0. The molecule has 0 aromatic rings. The number of oxime groups is 1. The molecule has 0 heterocycles. The van der Waals surface area contributed by atoms with Gasteiger partial charge in [0, 0.05) is 11.0 Å². The fraction of sp³-hybridized carbons (Fsp3) is 0.909. The Balaban J connectivity index is 2.30. The number of nitrogens with zero attached hydrogens (tertiary/aromatic N) is 1. The van der Waals surface area contributed by atoms with Gasteiger partial charge >= 0.3 is 0 Å². The van der Waals surface area contributed by atoms with Crippen molar-refractivity contribution in [3.63, 3.8) is 0 Å². The minimum atomic E-state index is -0.234. The summed E-state index contributed by atoms with van der Waals surface area (Å²) in [6.07, 6.45) is 4.74. The maximum Gasteiger partial charge on any atom is 0.144 e. The lowest BCUT2D eigenvalue weighted by molar-refractivity contribution is 0.202. The number of rotatable bonds is 5. The first kappa shape index (κ1) is 12.3. The molecule has 88 valence electrons. The van der Waals surface area contributed by atoms with Gasteiger partial charge < -0.3 is 16.3 Å². The van der Waals surface area contributed by atoms with E-state index in [1.807, 2.05) is 13.8 Å². The second-order valence-corrected chi connectivity index (χ2v) is 5.46. The molecule has 0 aliphatic heterocycles. The van der Waals surface area contributed by atoms with Crippen molar-refractivity contribution in [2.45, 2.75) is 52.0 Å². The van der Waals surface area contributed by atoms with E-state index in [2.05, 4.69) is 17.4 Å². The van der Waals surface area contributed by atoms with Crippen LogP contribution < -0.4 is 11.1 Å². The molecule has 0 atom stereocenters. The van der Waals surface area contributed by atoms with E-state index < -0.39 is 0 Å². The van der Waals surface area contributed by atoms with E-state index in [0.29, 0.717) is 11.4 Å². The van der Waals surface area contributed by atoms with E-state index in [4.69, 9.17) is 10.9 Å².